The molecule has 0 radical (unpaired) electrons. The fourth-order valence-corrected chi connectivity index (χ4v) is 3.45. The molecule has 1 amide bonds. The minimum atomic E-state index is -2.16. The number of hydrogen-bond acceptors (Lipinski definition) is 10. The summed E-state index contributed by atoms with van der Waals surface area (Å²) in [5.41, 5.74) is 15.2. The van der Waals surface area contributed by atoms with Crippen LogP contribution in [-0.2, 0) is 4.74 Å². The summed E-state index contributed by atoms with van der Waals surface area (Å²) in [5.74, 6) is -2.57. The van der Waals surface area contributed by atoms with E-state index in [-0.39, 0.29) is 25.1 Å². The topological polar surface area (TPSA) is 185 Å². The highest BCUT2D eigenvalue weighted by atomic mass is 16.5. The number of hydrogen-bond donors (Lipinski definition) is 6. The number of rotatable bonds is 2. The van der Waals surface area contributed by atoms with Crippen LogP contribution in [0.2, 0.25) is 0 Å². The molecule has 1 fully saturated rings. The minimum absolute atomic E-state index is 0.0329. The molecule has 11 heteroatoms. The molecule has 0 saturated carbocycles. The zero-order chi connectivity index (χ0) is 16.3. The average molecular weight is 313 g/mol. The summed E-state index contributed by atoms with van der Waals surface area (Å²) < 4.78 is 4.77. The Bertz CT molecular complexity index is 577. The van der Waals surface area contributed by atoms with Gasteiger partial charge in [-0.3, -0.25) is 0 Å². The molecule has 0 bridgehead atoms. The van der Waals surface area contributed by atoms with E-state index in [1.54, 1.807) is 6.92 Å². The number of nitrogens with two attached hydrogens (primary N) is 3. The molecule has 3 heterocycles. The van der Waals surface area contributed by atoms with Gasteiger partial charge in [0.15, 0.2) is 17.6 Å². The molecule has 3 aliphatic heterocycles. The molecule has 0 aliphatic carbocycles. The number of primary amides is 1. The van der Waals surface area contributed by atoms with E-state index in [0.717, 1.165) is 0 Å². The van der Waals surface area contributed by atoms with Gasteiger partial charge in [-0.15, -0.1) is 0 Å². The van der Waals surface area contributed by atoms with E-state index in [4.69, 9.17) is 21.9 Å². The van der Waals surface area contributed by atoms with Crippen LogP contribution in [0.1, 0.15) is 6.92 Å². The normalized spacial score (nSPS) is 38.5. The zero-order valence-corrected chi connectivity index (χ0v) is 11.9. The number of nitrogens with zero attached hydrogens (tertiary/aromatic N) is 3. The van der Waals surface area contributed by atoms with Gasteiger partial charge in [0.2, 0.25) is 5.79 Å². The van der Waals surface area contributed by atoms with Crippen molar-refractivity contribution in [2.24, 2.45) is 33.1 Å². The first-order valence-corrected chi connectivity index (χ1v) is 6.79. The summed E-state index contributed by atoms with van der Waals surface area (Å²) in [6, 6.07) is -1.53. The molecule has 22 heavy (non-hydrogen) atoms. The molecule has 1 unspecified atom stereocenters. The van der Waals surface area contributed by atoms with Crippen LogP contribution in [0.5, 0.6) is 0 Å². The first kappa shape index (κ1) is 14.7. The molecule has 1 spiro atoms. The van der Waals surface area contributed by atoms with E-state index in [0.29, 0.717) is 0 Å². The van der Waals surface area contributed by atoms with E-state index in [1.807, 2.05) is 0 Å². The predicted octanol–water partition coefficient (Wildman–Crippen LogP) is -3.61. The molecule has 4 atom stereocenters. The highest BCUT2D eigenvalue weighted by Gasteiger charge is 2.72. The van der Waals surface area contributed by atoms with Gasteiger partial charge < -0.3 is 42.4 Å². The minimum Gasteiger partial charge on any atom is -0.447 e. The Balaban J connectivity index is 2.04. The van der Waals surface area contributed by atoms with Crippen LogP contribution in [0.3, 0.4) is 0 Å². The van der Waals surface area contributed by atoms with Crippen molar-refractivity contribution in [1.29, 1.82) is 0 Å². The van der Waals surface area contributed by atoms with Crippen molar-refractivity contribution >= 4 is 18.0 Å². The summed E-state index contributed by atoms with van der Waals surface area (Å²) in [6.45, 7) is 1.74. The number of carbonyl (C=O) groups excluding carboxylic acids is 1. The van der Waals surface area contributed by atoms with Gasteiger partial charge in [0.05, 0.1) is 0 Å². The third kappa shape index (κ3) is 1.66. The number of nitrogens with one attached hydrogen (secondary N) is 1. The lowest BCUT2D eigenvalue weighted by Gasteiger charge is -2.48. The Labute approximate surface area is 125 Å². The van der Waals surface area contributed by atoms with Crippen LogP contribution >= 0.6 is 0 Å². The number of aliphatic imine (C=N–C) groups is 2. The van der Waals surface area contributed by atoms with Crippen LogP contribution in [-0.4, -0.2) is 69.8 Å². The smallest absolute Gasteiger partial charge is 0.404 e. The zero-order valence-electron chi connectivity index (χ0n) is 11.9. The van der Waals surface area contributed by atoms with E-state index in [9.17, 15) is 15.0 Å². The number of guanidine groups is 2. The Morgan fingerprint density at radius 2 is 2.18 bits per heavy atom. The molecular formula is C11H19N7O4. The average Bonchev–Trinajstić information content (AvgIpc) is 2.86. The van der Waals surface area contributed by atoms with Crippen molar-refractivity contribution in [3.63, 3.8) is 0 Å². The van der Waals surface area contributed by atoms with Crippen molar-refractivity contribution in [1.82, 2.24) is 10.2 Å². The number of carbonyl (C=O) groups is 1. The van der Waals surface area contributed by atoms with E-state index >= 15 is 0 Å². The Morgan fingerprint density at radius 1 is 1.50 bits per heavy atom. The van der Waals surface area contributed by atoms with Gasteiger partial charge in [-0.2, -0.15) is 0 Å². The monoisotopic (exact) mass is 313 g/mol. The third-order valence-corrected chi connectivity index (χ3v) is 4.49. The van der Waals surface area contributed by atoms with Gasteiger partial charge in [0, 0.05) is 12.5 Å². The molecule has 0 aromatic rings. The Kier molecular flexibility index (Phi) is 2.91. The van der Waals surface area contributed by atoms with Gasteiger partial charge in [-0.05, 0) is 0 Å². The fourth-order valence-electron chi connectivity index (χ4n) is 3.45. The van der Waals surface area contributed by atoms with Crippen molar-refractivity contribution in [2.75, 3.05) is 13.2 Å². The number of amides is 1. The van der Waals surface area contributed by atoms with E-state index in [2.05, 4.69) is 15.3 Å². The van der Waals surface area contributed by atoms with Crippen LogP contribution in [0, 0.1) is 5.92 Å². The molecule has 0 aromatic carbocycles. The maximum absolute atomic E-state index is 10.8. The molecule has 0 aromatic heterocycles. The van der Waals surface area contributed by atoms with Gasteiger partial charge in [0.25, 0.3) is 0 Å². The van der Waals surface area contributed by atoms with Gasteiger partial charge in [-0.25, -0.2) is 14.8 Å². The van der Waals surface area contributed by atoms with Crippen molar-refractivity contribution in [3.8, 4) is 0 Å². The molecule has 3 aliphatic rings. The van der Waals surface area contributed by atoms with Gasteiger partial charge >= 0.3 is 6.09 Å². The third-order valence-electron chi connectivity index (χ3n) is 4.49. The molecule has 3 rings (SSSR count). The lowest BCUT2D eigenvalue weighted by molar-refractivity contribution is -0.240. The van der Waals surface area contributed by atoms with Crippen molar-refractivity contribution < 1.29 is 19.7 Å². The van der Waals surface area contributed by atoms with Crippen LogP contribution in [0.15, 0.2) is 9.98 Å². The fraction of sp³-hybridized carbons (Fsp3) is 0.727. The van der Waals surface area contributed by atoms with Gasteiger partial charge in [0.1, 0.15) is 18.7 Å². The SMILES string of the molecule is C[C@H]1CN2C(N)=N[C@@H](COC(N)=O)[C@@H]3N=C(N)NC32C1(O)O. The van der Waals surface area contributed by atoms with Crippen LogP contribution < -0.4 is 22.5 Å². The summed E-state index contributed by atoms with van der Waals surface area (Å²) in [4.78, 5) is 20.8. The first-order chi connectivity index (χ1) is 10.2. The molecule has 9 N–H and O–H groups in total. The van der Waals surface area contributed by atoms with Crippen molar-refractivity contribution in [3.05, 3.63) is 0 Å². The van der Waals surface area contributed by atoms with Crippen LogP contribution in [0.4, 0.5) is 4.79 Å². The second-order valence-corrected chi connectivity index (χ2v) is 5.77. The van der Waals surface area contributed by atoms with Crippen molar-refractivity contribution in [2.45, 2.75) is 30.5 Å². The highest BCUT2D eigenvalue weighted by Crippen LogP contribution is 2.46. The summed E-state index contributed by atoms with van der Waals surface area (Å²) in [7, 11) is 0. The quantitative estimate of drug-likeness (QED) is 0.282. The lowest BCUT2D eigenvalue weighted by atomic mass is 9.84. The Hall–Kier alpha value is -2.27. The molecule has 1 saturated heterocycles. The molecule has 11 nitrogen and oxygen atoms in total. The van der Waals surface area contributed by atoms with E-state index in [1.165, 1.54) is 4.90 Å². The summed E-state index contributed by atoms with van der Waals surface area (Å²) in [6.07, 6.45) is -0.966. The predicted molar refractivity (Wildman–Crippen MR) is 75.3 cm³/mol. The first-order valence-electron chi connectivity index (χ1n) is 6.79. The number of ether oxygens (including phenoxy) is 1. The summed E-state index contributed by atoms with van der Waals surface area (Å²) in [5, 5.41) is 24.1. The lowest BCUT2D eigenvalue weighted by Crippen LogP contribution is -2.77. The second-order valence-electron chi connectivity index (χ2n) is 5.77. The molecule has 122 valence electrons. The largest absolute Gasteiger partial charge is 0.447 e. The maximum atomic E-state index is 10.8. The van der Waals surface area contributed by atoms with E-state index < -0.39 is 35.5 Å². The summed E-state index contributed by atoms with van der Waals surface area (Å²) >= 11 is 0. The number of aliphatic hydroxyl groups is 2. The van der Waals surface area contributed by atoms with Crippen LogP contribution in [0.25, 0.3) is 0 Å². The maximum Gasteiger partial charge on any atom is 0.404 e. The standard InChI is InChI=1S/C11H19N7O4/c1-4-2-18-8(13)15-5(3-22-9(14)19)6-10(18,11(4,20)21)17-7(12)16-6/h4-6,20-21H,2-3H2,1H3,(H2,13,15)(H2,14,19)(H3,12,16,17)/t4-,5-,6-,10?/m0/s1. The second kappa shape index (κ2) is 4.36. The Morgan fingerprint density at radius 3 is 2.82 bits per heavy atom. The molecular weight excluding hydrogens is 294 g/mol. The van der Waals surface area contributed by atoms with Gasteiger partial charge in [-0.1, -0.05) is 6.92 Å². The highest BCUT2D eigenvalue weighted by molar-refractivity contribution is 5.87.